The molecule has 0 aliphatic heterocycles. The second kappa shape index (κ2) is 6.41. The van der Waals surface area contributed by atoms with Crippen molar-refractivity contribution in [3.8, 4) is 0 Å². The van der Waals surface area contributed by atoms with E-state index in [4.69, 9.17) is 0 Å². The summed E-state index contributed by atoms with van der Waals surface area (Å²) in [4.78, 5) is 0. The minimum Gasteiger partial charge on any atom is -0.393 e. The summed E-state index contributed by atoms with van der Waals surface area (Å²) in [7, 11) is 0. The monoisotopic (exact) mass is 156 g/mol. The Kier molecular flexibility index (Phi) is 6.24. The lowest BCUT2D eigenvalue weighted by Crippen LogP contribution is -2.09. The van der Waals surface area contributed by atoms with Gasteiger partial charge in [-0.05, 0) is 31.6 Å². The zero-order chi connectivity index (χ0) is 8.69. The lowest BCUT2D eigenvalue weighted by Gasteiger charge is -2.13. The molecule has 1 heteroatoms. The van der Waals surface area contributed by atoms with E-state index in [1.165, 1.54) is 0 Å². The SMILES string of the molecule is C=CCC[C@@H](C)C[C@@H](O)CC. The van der Waals surface area contributed by atoms with Crippen LogP contribution in [0, 0.1) is 5.92 Å². The predicted octanol–water partition coefficient (Wildman–Crippen LogP) is 2.75. The van der Waals surface area contributed by atoms with Crippen LogP contribution in [0.3, 0.4) is 0 Å². The summed E-state index contributed by atoms with van der Waals surface area (Å²) in [5.74, 6) is 0.628. The Labute approximate surface area is 70.1 Å². The molecule has 0 radical (unpaired) electrons. The molecule has 0 aliphatic rings. The minimum absolute atomic E-state index is 0.102. The van der Waals surface area contributed by atoms with Gasteiger partial charge in [-0.2, -0.15) is 0 Å². The molecule has 0 fully saturated rings. The third-order valence-corrected chi connectivity index (χ3v) is 2.01. The fourth-order valence-corrected chi connectivity index (χ4v) is 1.15. The van der Waals surface area contributed by atoms with Gasteiger partial charge in [0.25, 0.3) is 0 Å². The molecule has 1 nitrogen and oxygen atoms in total. The van der Waals surface area contributed by atoms with Gasteiger partial charge < -0.3 is 5.11 Å². The Bertz CT molecular complexity index is 99.0. The lowest BCUT2D eigenvalue weighted by atomic mass is 9.97. The smallest absolute Gasteiger partial charge is 0.0540 e. The second-order valence-corrected chi connectivity index (χ2v) is 3.27. The van der Waals surface area contributed by atoms with Crippen molar-refractivity contribution < 1.29 is 5.11 Å². The molecule has 0 amide bonds. The zero-order valence-electron chi connectivity index (χ0n) is 7.71. The summed E-state index contributed by atoms with van der Waals surface area (Å²) in [5, 5.41) is 9.30. The Balaban J connectivity index is 3.34. The highest BCUT2D eigenvalue weighted by Gasteiger charge is 2.06. The highest BCUT2D eigenvalue weighted by atomic mass is 16.3. The maximum Gasteiger partial charge on any atom is 0.0540 e. The first-order valence-electron chi connectivity index (χ1n) is 4.49. The molecule has 0 aliphatic carbocycles. The number of rotatable bonds is 6. The van der Waals surface area contributed by atoms with Crippen LogP contribution in [0.2, 0.25) is 0 Å². The molecule has 2 atom stereocenters. The van der Waals surface area contributed by atoms with Gasteiger partial charge in [0.15, 0.2) is 0 Å². The molecule has 0 heterocycles. The number of hydrogen-bond donors (Lipinski definition) is 1. The highest BCUT2D eigenvalue weighted by molar-refractivity contribution is 4.69. The van der Waals surface area contributed by atoms with Crippen LogP contribution in [-0.2, 0) is 0 Å². The Morgan fingerprint density at radius 3 is 2.64 bits per heavy atom. The van der Waals surface area contributed by atoms with Gasteiger partial charge in [-0.1, -0.05) is 19.9 Å². The fraction of sp³-hybridized carbons (Fsp3) is 0.800. The van der Waals surface area contributed by atoms with Crippen molar-refractivity contribution in [3.63, 3.8) is 0 Å². The van der Waals surface area contributed by atoms with E-state index in [1.807, 2.05) is 13.0 Å². The normalized spacial score (nSPS) is 15.9. The molecule has 0 unspecified atom stereocenters. The maximum atomic E-state index is 9.30. The summed E-state index contributed by atoms with van der Waals surface area (Å²) < 4.78 is 0. The zero-order valence-corrected chi connectivity index (χ0v) is 7.71. The molecule has 0 saturated carbocycles. The van der Waals surface area contributed by atoms with Gasteiger partial charge in [-0.25, -0.2) is 0 Å². The summed E-state index contributed by atoms with van der Waals surface area (Å²) in [6.07, 6.45) is 5.87. The van der Waals surface area contributed by atoms with Gasteiger partial charge in [0.2, 0.25) is 0 Å². The molecule has 11 heavy (non-hydrogen) atoms. The Hall–Kier alpha value is -0.300. The number of allylic oxidation sites excluding steroid dienone is 1. The molecule has 0 saturated heterocycles. The summed E-state index contributed by atoms with van der Waals surface area (Å²) in [6.45, 7) is 7.87. The largest absolute Gasteiger partial charge is 0.393 e. The van der Waals surface area contributed by atoms with Crippen LogP contribution in [0.15, 0.2) is 12.7 Å². The van der Waals surface area contributed by atoms with Crippen molar-refractivity contribution in [3.05, 3.63) is 12.7 Å². The number of aliphatic hydroxyl groups is 1. The first-order valence-corrected chi connectivity index (χ1v) is 4.49. The van der Waals surface area contributed by atoms with Gasteiger partial charge in [-0.15, -0.1) is 6.58 Å². The third-order valence-electron chi connectivity index (χ3n) is 2.01. The number of hydrogen-bond acceptors (Lipinski definition) is 1. The average Bonchev–Trinajstić information content (AvgIpc) is 2.00. The van der Waals surface area contributed by atoms with Crippen molar-refractivity contribution in [2.75, 3.05) is 0 Å². The van der Waals surface area contributed by atoms with E-state index in [1.54, 1.807) is 0 Å². The fourth-order valence-electron chi connectivity index (χ4n) is 1.15. The second-order valence-electron chi connectivity index (χ2n) is 3.27. The molecule has 0 aromatic heterocycles. The highest BCUT2D eigenvalue weighted by Crippen LogP contribution is 2.14. The quantitative estimate of drug-likeness (QED) is 0.586. The summed E-state index contributed by atoms with van der Waals surface area (Å²) >= 11 is 0. The standard InChI is InChI=1S/C10H20O/c1-4-6-7-9(3)8-10(11)5-2/h4,9-11H,1,5-8H2,2-3H3/t9-,10+/m1/s1. The van der Waals surface area contributed by atoms with Crippen LogP contribution in [0.5, 0.6) is 0 Å². The molecule has 0 aromatic rings. The van der Waals surface area contributed by atoms with Crippen LogP contribution in [-0.4, -0.2) is 11.2 Å². The summed E-state index contributed by atoms with van der Waals surface area (Å²) in [5.41, 5.74) is 0. The van der Waals surface area contributed by atoms with Gasteiger partial charge in [0, 0.05) is 0 Å². The molecule has 66 valence electrons. The third kappa shape index (κ3) is 6.11. The van der Waals surface area contributed by atoms with Crippen molar-refractivity contribution >= 4 is 0 Å². The van der Waals surface area contributed by atoms with Crippen LogP contribution in [0.1, 0.15) is 39.5 Å². The maximum absolute atomic E-state index is 9.30. The van der Waals surface area contributed by atoms with Gasteiger partial charge in [0.05, 0.1) is 6.10 Å². The summed E-state index contributed by atoms with van der Waals surface area (Å²) in [6, 6.07) is 0. The van der Waals surface area contributed by atoms with Gasteiger partial charge in [-0.3, -0.25) is 0 Å². The van der Waals surface area contributed by atoms with Crippen LogP contribution >= 0.6 is 0 Å². The van der Waals surface area contributed by atoms with E-state index in [9.17, 15) is 5.11 Å². The molecular formula is C10H20O. The van der Waals surface area contributed by atoms with Crippen LogP contribution in [0.25, 0.3) is 0 Å². The average molecular weight is 156 g/mol. The molecule has 0 bridgehead atoms. The van der Waals surface area contributed by atoms with Gasteiger partial charge >= 0.3 is 0 Å². The molecular weight excluding hydrogens is 136 g/mol. The van der Waals surface area contributed by atoms with E-state index in [0.717, 1.165) is 25.7 Å². The van der Waals surface area contributed by atoms with E-state index in [-0.39, 0.29) is 6.10 Å². The van der Waals surface area contributed by atoms with Crippen LogP contribution in [0.4, 0.5) is 0 Å². The Morgan fingerprint density at radius 1 is 1.55 bits per heavy atom. The van der Waals surface area contributed by atoms with E-state index in [0.29, 0.717) is 5.92 Å². The van der Waals surface area contributed by atoms with E-state index in [2.05, 4.69) is 13.5 Å². The van der Waals surface area contributed by atoms with E-state index >= 15 is 0 Å². The van der Waals surface area contributed by atoms with E-state index < -0.39 is 0 Å². The molecule has 0 spiro atoms. The minimum atomic E-state index is -0.102. The van der Waals surface area contributed by atoms with Crippen molar-refractivity contribution in [2.24, 2.45) is 5.92 Å². The predicted molar refractivity (Wildman–Crippen MR) is 49.5 cm³/mol. The first-order chi connectivity index (χ1) is 5.20. The van der Waals surface area contributed by atoms with Gasteiger partial charge in [0.1, 0.15) is 0 Å². The lowest BCUT2D eigenvalue weighted by molar-refractivity contribution is 0.139. The molecule has 0 aromatic carbocycles. The molecule has 1 N–H and O–H groups in total. The first kappa shape index (κ1) is 10.7. The number of aliphatic hydroxyl groups excluding tert-OH is 1. The van der Waals surface area contributed by atoms with Crippen molar-refractivity contribution in [2.45, 2.75) is 45.6 Å². The van der Waals surface area contributed by atoms with Crippen molar-refractivity contribution in [1.82, 2.24) is 0 Å². The topological polar surface area (TPSA) is 20.2 Å². The van der Waals surface area contributed by atoms with Crippen molar-refractivity contribution in [1.29, 1.82) is 0 Å². The van der Waals surface area contributed by atoms with Crippen LogP contribution < -0.4 is 0 Å². The Morgan fingerprint density at radius 2 is 2.18 bits per heavy atom. The molecule has 0 rings (SSSR count).